The molecule has 90 valence electrons. The third-order valence-electron chi connectivity index (χ3n) is 3.02. The van der Waals surface area contributed by atoms with E-state index in [-0.39, 0.29) is 24.4 Å². The van der Waals surface area contributed by atoms with Gasteiger partial charge in [-0.3, -0.25) is 4.79 Å². The lowest BCUT2D eigenvalue weighted by Gasteiger charge is -2.18. The van der Waals surface area contributed by atoms with Gasteiger partial charge < -0.3 is 11.1 Å². The number of rotatable bonds is 3. The highest BCUT2D eigenvalue weighted by molar-refractivity contribution is 7.12. The van der Waals surface area contributed by atoms with Crippen LogP contribution in [0.2, 0.25) is 0 Å². The third kappa shape index (κ3) is 2.97. The van der Waals surface area contributed by atoms with Crippen molar-refractivity contribution in [3.05, 3.63) is 22.4 Å². The van der Waals surface area contributed by atoms with Gasteiger partial charge >= 0.3 is 0 Å². The number of halogens is 1. The van der Waals surface area contributed by atoms with E-state index >= 15 is 0 Å². The van der Waals surface area contributed by atoms with Crippen LogP contribution in [0.3, 0.4) is 0 Å². The summed E-state index contributed by atoms with van der Waals surface area (Å²) in [7, 11) is 0. The second kappa shape index (κ2) is 6.23. The predicted octanol–water partition coefficient (Wildman–Crippen LogP) is 2.03. The molecule has 0 aromatic carbocycles. The minimum Gasteiger partial charge on any atom is -0.348 e. The van der Waals surface area contributed by atoms with E-state index in [0.717, 1.165) is 17.7 Å². The number of hydrogen-bond acceptors (Lipinski definition) is 3. The summed E-state index contributed by atoms with van der Waals surface area (Å²) in [6, 6.07) is 4.03. The summed E-state index contributed by atoms with van der Waals surface area (Å²) >= 11 is 1.48. The number of carbonyl (C=O) groups excluding carboxylic acids is 1. The van der Waals surface area contributed by atoms with Crippen LogP contribution < -0.4 is 11.1 Å². The molecule has 3 N–H and O–H groups in total. The van der Waals surface area contributed by atoms with E-state index in [9.17, 15) is 4.79 Å². The Balaban J connectivity index is 0.00000128. The minimum absolute atomic E-state index is 0. The number of thiophene rings is 1. The molecule has 0 bridgehead atoms. The highest BCUT2D eigenvalue weighted by Crippen LogP contribution is 2.25. The molecule has 1 aliphatic rings. The quantitative estimate of drug-likeness (QED) is 0.874. The van der Waals surface area contributed by atoms with Crippen molar-refractivity contribution in [2.24, 2.45) is 11.7 Å². The summed E-state index contributed by atoms with van der Waals surface area (Å²) in [5, 5.41) is 4.99. The first-order chi connectivity index (χ1) is 7.31. The third-order valence-corrected chi connectivity index (χ3v) is 3.89. The summed E-state index contributed by atoms with van der Waals surface area (Å²) in [5.41, 5.74) is 5.67. The standard InChI is InChI=1S/C11H16N2OS.ClH/c12-7-8-3-1-4-9(8)13-11(14)10-5-2-6-15-10;/h2,5-6,8-9H,1,3-4,7,12H2,(H,13,14);1H. The van der Waals surface area contributed by atoms with Crippen molar-refractivity contribution in [1.29, 1.82) is 0 Å². The van der Waals surface area contributed by atoms with E-state index in [1.165, 1.54) is 17.8 Å². The fourth-order valence-corrected chi connectivity index (χ4v) is 2.78. The largest absolute Gasteiger partial charge is 0.348 e. The van der Waals surface area contributed by atoms with Gasteiger partial charge in [0, 0.05) is 6.04 Å². The first-order valence-electron chi connectivity index (χ1n) is 5.35. The van der Waals surface area contributed by atoms with Crippen LogP contribution in [0.5, 0.6) is 0 Å². The molecule has 3 nitrogen and oxygen atoms in total. The van der Waals surface area contributed by atoms with Gasteiger partial charge in [0.05, 0.1) is 4.88 Å². The summed E-state index contributed by atoms with van der Waals surface area (Å²) < 4.78 is 0. The van der Waals surface area contributed by atoms with Crippen molar-refractivity contribution in [2.45, 2.75) is 25.3 Å². The van der Waals surface area contributed by atoms with Crippen molar-refractivity contribution < 1.29 is 4.79 Å². The van der Waals surface area contributed by atoms with E-state index in [2.05, 4.69) is 5.32 Å². The molecule has 2 unspecified atom stereocenters. The minimum atomic E-state index is 0. The number of hydrogen-bond donors (Lipinski definition) is 2. The van der Waals surface area contributed by atoms with Crippen molar-refractivity contribution in [3.63, 3.8) is 0 Å². The molecule has 1 fully saturated rings. The summed E-state index contributed by atoms with van der Waals surface area (Å²) in [6.07, 6.45) is 3.39. The Kier molecular flexibility index (Phi) is 5.25. The van der Waals surface area contributed by atoms with E-state index in [4.69, 9.17) is 5.73 Å². The average Bonchev–Trinajstić information content (AvgIpc) is 2.87. The molecular formula is C11H17ClN2OS. The Morgan fingerprint density at radius 1 is 1.56 bits per heavy atom. The van der Waals surface area contributed by atoms with Gasteiger partial charge in [0.1, 0.15) is 0 Å². The Bertz CT molecular complexity index is 329. The lowest BCUT2D eigenvalue weighted by atomic mass is 10.0. The normalized spacial score (nSPS) is 23.8. The SMILES string of the molecule is Cl.NCC1CCCC1NC(=O)c1cccs1. The zero-order valence-corrected chi connectivity index (χ0v) is 10.7. The van der Waals surface area contributed by atoms with Gasteiger partial charge in [0.2, 0.25) is 0 Å². The van der Waals surface area contributed by atoms with Crippen LogP contribution in [-0.2, 0) is 0 Å². The molecule has 1 amide bonds. The van der Waals surface area contributed by atoms with Crippen LogP contribution in [-0.4, -0.2) is 18.5 Å². The Labute approximate surface area is 106 Å². The molecule has 0 spiro atoms. The molecule has 5 heteroatoms. The Morgan fingerprint density at radius 2 is 2.38 bits per heavy atom. The number of nitrogens with two attached hydrogens (primary N) is 1. The van der Waals surface area contributed by atoms with Crippen molar-refractivity contribution >= 4 is 29.7 Å². The lowest BCUT2D eigenvalue weighted by Crippen LogP contribution is -2.39. The zero-order valence-electron chi connectivity index (χ0n) is 9.02. The molecular weight excluding hydrogens is 244 g/mol. The maximum Gasteiger partial charge on any atom is 0.261 e. The molecule has 0 saturated heterocycles. The van der Waals surface area contributed by atoms with Crippen LogP contribution >= 0.6 is 23.7 Å². The first-order valence-corrected chi connectivity index (χ1v) is 6.23. The summed E-state index contributed by atoms with van der Waals surface area (Å²) in [4.78, 5) is 12.6. The molecule has 1 aliphatic carbocycles. The first kappa shape index (κ1) is 13.5. The molecule has 2 rings (SSSR count). The van der Waals surface area contributed by atoms with Gasteiger partial charge in [0.15, 0.2) is 0 Å². The second-order valence-electron chi connectivity index (χ2n) is 3.98. The number of nitrogens with one attached hydrogen (secondary N) is 1. The van der Waals surface area contributed by atoms with Crippen molar-refractivity contribution in [2.75, 3.05) is 6.54 Å². The highest BCUT2D eigenvalue weighted by Gasteiger charge is 2.27. The maximum atomic E-state index is 11.8. The molecule has 2 atom stereocenters. The van der Waals surface area contributed by atoms with E-state index in [1.54, 1.807) is 0 Å². The average molecular weight is 261 g/mol. The second-order valence-corrected chi connectivity index (χ2v) is 4.93. The van der Waals surface area contributed by atoms with Gasteiger partial charge in [-0.25, -0.2) is 0 Å². The fourth-order valence-electron chi connectivity index (χ4n) is 2.16. The van der Waals surface area contributed by atoms with Crippen LogP contribution in [0.25, 0.3) is 0 Å². The summed E-state index contributed by atoms with van der Waals surface area (Å²) in [5.74, 6) is 0.518. The van der Waals surface area contributed by atoms with Crippen LogP contribution in [0, 0.1) is 5.92 Å². The van der Waals surface area contributed by atoms with E-state index in [1.807, 2.05) is 17.5 Å². The zero-order chi connectivity index (χ0) is 10.7. The number of carbonyl (C=O) groups is 1. The van der Waals surface area contributed by atoms with Crippen molar-refractivity contribution in [3.8, 4) is 0 Å². The Morgan fingerprint density at radius 3 is 3.00 bits per heavy atom. The topological polar surface area (TPSA) is 55.1 Å². The lowest BCUT2D eigenvalue weighted by molar-refractivity contribution is 0.0933. The van der Waals surface area contributed by atoms with Gasteiger partial charge in [-0.05, 0) is 36.8 Å². The molecule has 16 heavy (non-hydrogen) atoms. The summed E-state index contributed by atoms with van der Waals surface area (Å²) in [6.45, 7) is 0.676. The van der Waals surface area contributed by atoms with Crippen LogP contribution in [0.4, 0.5) is 0 Å². The highest BCUT2D eigenvalue weighted by atomic mass is 35.5. The maximum absolute atomic E-state index is 11.8. The molecule has 0 radical (unpaired) electrons. The van der Waals surface area contributed by atoms with E-state index < -0.39 is 0 Å². The van der Waals surface area contributed by atoms with Gasteiger partial charge in [-0.1, -0.05) is 12.5 Å². The van der Waals surface area contributed by atoms with Crippen molar-refractivity contribution in [1.82, 2.24) is 5.32 Å². The van der Waals surface area contributed by atoms with E-state index in [0.29, 0.717) is 12.5 Å². The predicted molar refractivity (Wildman–Crippen MR) is 69.2 cm³/mol. The number of amides is 1. The molecule has 0 aliphatic heterocycles. The smallest absolute Gasteiger partial charge is 0.261 e. The molecule has 1 aromatic heterocycles. The Hall–Kier alpha value is -0.580. The fraction of sp³-hybridized carbons (Fsp3) is 0.545. The van der Waals surface area contributed by atoms with Gasteiger partial charge in [-0.15, -0.1) is 23.7 Å². The van der Waals surface area contributed by atoms with Crippen LogP contribution in [0.15, 0.2) is 17.5 Å². The van der Waals surface area contributed by atoms with Gasteiger partial charge in [0.25, 0.3) is 5.91 Å². The molecule has 1 heterocycles. The van der Waals surface area contributed by atoms with Crippen LogP contribution in [0.1, 0.15) is 28.9 Å². The molecule has 1 aromatic rings. The molecule has 1 saturated carbocycles. The monoisotopic (exact) mass is 260 g/mol. The van der Waals surface area contributed by atoms with Gasteiger partial charge in [-0.2, -0.15) is 0 Å².